The van der Waals surface area contributed by atoms with Crippen LogP contribution in [0.5, 0.6) is 0 Å². The Morgan fingerprint density at radius 3 is 2.28 bits per heavy atom. The molecule has 144 valence electrons. The molecule has 29 heavy (non-hydrogen) atoms. The number of fused-ring (bicyclic) bond motifs is 1. The van der Waals surface area contributed by atoms with Crippen molar-refractivity contribution in [3.05, 3.63) is 90.0 Å². The molecule has 3 aromatic carbocycles. The zero-order valence-corrected chi connectivity index (χ0v) is 16.5. The molecule has 0 atom stereocenters. The third kappa shape index (κ3) is 4.09. The van der Waals surface area contributed by atoms with E-state index in [2.05, 4.69) is 5.32 Å². The topological polar surface area (TPSA) is 58.1 Å². The number of para-hydroxylation sites is 1. The molecule has 0 radical (unpaired) electrons. The van der Waals surface area contributed by atoms with Gasteiger partial charge in [-0.15, -0.1) is 0 Å². The van der Waals surface area contributed by atoms with E-state index in [1.807, 2.05) is 78.9 Å². The first-order valence-electron chi connectivity index (χ1n) is 9.48. The molecule has 1 heterocycles. The fourth-order valence-corrected chi connectivity index (χ4v) is 3.14. The highest BCUT2D eigenvalue weighted by Crippen LogP contribution is 2.25. The molecule has 5 heteroatoms. The molecule has 0 aliphatic carbocycles. The van der Waals surface area contributed by atoms with Gasteiger partial charge in [0.25, 0.3) is 5.91 Å². The first-order valence-corrected chi connectivity index (χ1v) is 9.48. The molecule has 4 aromatic rings. The molecule has 0 bridgehead atoms. The van der Waals surface area contributed by atoms with Gasteiger partial charge in [0.2, 0.25) is 0 Å². The van der Waals surface area contributed by atoms with E-state index < -0.39 is 0 Å². The molecule has 0 saturated heterocycles. The van der Waals surface area contributed by atoms with Gasteiger partial charge >= 0.3 is 0 Å². The van der Waals surface area contributed by atoms with E-state index in [-0.39, 0.29) is 5.91 Å². The van der Waals surface area contributed by atoms with Gasteiger partial charge in [0.05, 0.1) is 5.52 Å². The minimum absolute atomic E-state index is 0.00111. The summed E-state index contributed by atoms with van der Waals surface area (Å²) in [5.74, 6) is 1.49. The molecule has 0 saturated carbocycles. The lowest BCUT2D eigenvalue weighted by Crippen LogP contribution is -2.21. The fourth-order valence-electron chi connectivity index (χ4n) is 3.14. The molecule has 1 aromatic heterocycles. The maximum Gasteiger partial charge on any atom is 0.253 e. The first kappa shape index (κ1) is 18.6. The fraction of sp³-hybridized carbons (Fsp3) is 0.125. The maximum atomic E-state index is 12.0. The van der Waals surface area contributed by atoms with Gasteiger partial charge in [0.15, 0.2) is 5.82 Å². The number of carbonyl (C=O) groups excluding carboxylic acids is 1. The molecule has 4 rings (SSSR count). The van der Waals surface area contributed by atoms with Crippen LogP contribution in [0.2, 0.25) is 0 Å². The SMILES string of the molecule is CN(C)C(=O)c1ccc(CNc2nc(-c3ccccc3)nc3ccccc23)cc1. The number of carbonyl (C=O) groups is 1. The molecule has 1 amide bonds. The van der Waals surface area contributed by atoms with E-state index >= 15 is 0 Å². The van der Waals surface area contributed by atoms with Crippen LogP contribution in [-0.4, -0.2) is 34.9 Å². The Morgan fingerprint density at radius 2 is 1.55 bits per heavy atom. The van der Waals surface area contributed by atoms with Crippen LogP contribution in [0.15, 0.2) is 78.9 Å². The minimum atomic E-state index is -0.00111. The number of nitrogens with one attached hydrogen (secondary N) is 1. The van der Waals surface area contributed by atoms with Crippen LogP contribution in [0.3, 0.4) is 0 Å². The predicted octanol–water partition coefficient (Wildman–Crippen LogP) is 4.61. The van der Waals surface area contributed by atoms with Crippen LogP contribution in [0.25, 0.3) is 22.3 Å². The lowest BCUT2D eigenvalue weighted by molar-refractivity contribution is 0.0827. The summed E-state index contributed by atoms with van der Waals surface area (Å²) in [5.41, 5.74) is 3.63. The number of amides is 1. The van der Waals surface area contributed by atoms with E-state index in [9.17, 15) is 4.79 Å². The van der Waals surface area contributed by atoms with Crippen molar-refractivity contribution < 1.29 is 4.79 Å². The van der Waals surface area contributed by atoms with Gasteiger partial charge < -0.3 is 10.2 Å². The van der Waals surface area contributed by atoms with Gasteiger partial charge in [-0.1, -0.05) is 54.6 Å². The number of hydrogen-bond acceptors (Lipinski definition) is 4. The molecule has 0 unspecified atom stereocenters. The van der Waals surface area contributed by atoms with Crippen molar-refractivity contribution >= 4 is 22.6 Å². The second-order valence-electron chi connectivity index (χ2n) is 7.03. The summed E-state index contributed by atoms with van der Waals surface area (Å²) in [7, 11) is 3.50. The number of anilines is 1. The van der Waals surface area contributed by atoms with E-state index in [1.165, 1.54) is 0 Å². The van der Waals surface area contributed by atoms with Crippen LogP contribution >= 0.6 is 0 Å². The molecule has 1 N–H and O–H groups in total. The monoisotopic (exact) mass is 382 g/mol. The van der Waals surface area contributed by atoms with Gasteiger partial charge in [-0.05, 0) is 29.8 Å². The lowest BCUT2D eigenvalue weighted by Gasteiger charge is -2.12. The zero-order valence-electron chi connectivity index (χ0n) is 16.5. The summed E-state index contributed by atoms with van der Waals surface area (Å²) in [5, 5.41) is 4.42. The Morgan fingerprint density at radius 1 is 0.862 bits per heavy atom. The van der Waals surface area contributed by atoms with E-state index in [0.29, 0.717) is 17.9 Å². The number of aromatic nitrogens is 2. The van der Waals surface area contributed by atoms with E-state index in [1.54, 1.807) is 19.0 Å². The predicted molar refractivity (Wildman–Crippen MR) is 117 cm³/mol. The summed E-state index contributed by atoms with van der Waals surface area (Å²) in [6.07, 6.45) is 0. The molecule has 0 fully saturated rings. The van der Waals surface area contributed by atoms with Crippen molar-refractivity contribution in [3.63, 3.8) is 0 Å². The van der Waals surface area contributed by atoms with Crippen LogP contribution in [0.4, 0.5) is 5.82 Å². The van der Waals surface area contributed by atoms with Crippen molar-refractivity contribution in [3.8, 4) is 11.4 Å². The lowest BCUT2D eigenvalue weighted by atomic mass is 10.1. The smallest absolute Gasteiger partial charge is 0.253 e. The molecular weight excluding hydrogens is 360 g/mol. The molecule has 0 spiro atoms. The number of nitrogens with zero attached hydrogens (tertiary/aromatic N) is 3. The minimum Gasteiger partial charge on any atom is -0.365 e. The highest BCUT2D eigenvalue weighted by molar-refractivity contribution is 5.94. The van der Waals surface area contributed by atoms with Crippen LogP contribution in [-0.2, 0) is 6.54 Å². The van der Waals surface area contributed by atoms with Crippen LogP contribution in [0.1, 0.15) is 15.9 Å². The Labute approximate surface area is 170 Å². The second kappa shape index (κ2) is 8.10. The molecule has 0 aliphatic heterocycles. The summed E-state index contributed by atoms with van der Waals surface area (Å²) in [4.78, 5) is 23.1. The van der Waals surface area contributed by atoms with Crippen LogP contribution < -0.4 is 5.32 Å². The molecule has 5 nitrogen and oxygen atoms in total. The quantitative estimate of drug-likeness (QED) is 0.548. The maximum absolute atomic E-state index is 12.0. The summed E-state index contributed by atoms with van der Waals surface area (Å²) in [6, 6.07) is 25.6. The van der Waals surface area contributed by atoms with Gasteiger partial charge in [0, 0.05) is 37.2 Å². The largest absolute Gasteiger partial charge is 0.365 e. The third-order valence-corrected chi connectivity index (χ3v) is 4.70. The van der Waals surface area contributed by atoms with E-state index in [4.69, 9.17) is 9.97 Å². The Balaban J connectivity index is 1.61. The van der Waals surface area contributed by atoms with Crippen molar-refractivity contribution in [2.75, 3.05) is 19.4 Å². The summed E-state index contributed by atoms with van der Waals surface area (Å²) >= 11 is 0. The van der Waals surface area contributed by atoms with Gasteiger partial charge in [-0.25, -0.2) is 9.97 Å². The third-order valence-electron chi connectivity index (χ3n) is 4.70. The van der Waals surface area contributed by atoms with Crippen molar-refractivity contribution in [2.45, 2.75) is 6.54 Å². The first-order chi connectivity index (χ1) is 14.1. The highest BCUT2D eigenvalue weighted by Gasteiger charge is 2.10. The standard InChI is InChI=1S/C24H22N4O/c1-28(2)24(29)19-14-12-17(13-15-19)16-25-23-20-10-6-7-11-21(20)26-22(27-23)18-8-4-3-5-9-18/h3-15H,16H2,1-2H3,(H,25,26,27). The molecule has 0 aliphatic rings. The average Bonchev–Trinajstić information content (AvgIpc) is 2.77. The van der Waals surface area contributed by atoms with Crippen LogP contribution in [0, 0.1) is 0 Å². The average molecular weight is 382 g/mol. The highest BCUT2D eigenvalue weighted by atomic mass is 16.2. The van der Waals surface area contributed by atoms with Gasteiger partial charge in [0.1, 0.15) is 5.82 Å². The van der Waals surface area contributed by atoms with Crippen molar-refractivity contribution in [2.24, 2.45) is 0 Å². The number of hydrogen-bond donors (Lipinski definition) is 1. The molecular formula is C24H22N4O. The number of rotatable bonds is 5. The normalized spacial score (nSPS) is 10.7. The Bertz CT molecular complexity index is 1140. The zero-order chi connectivity index (χ0) is 20.2. The van der Waals surface area contributed by atoms with Crippen molar-refractivity contribution in [1.82, 2.24) is 14.9 Å². The summed E-state index contributed by atoms with van der Waals surface area (Å²) < 4.78 is 0. The Hall–Kier alpha value is -3.73. The summed E-state index contributed by atoms with van der Waals surface area (Å²) in [6.45, 7) is 0.603. The second-order valence-corrected chi connectivity index (χ2v) is 7.03. The van der Waals surface area contributed by atoms with E-state index in [0.717, 1.165) is 27.8 Å². The van der Waals surface area contributed by atoms with Gasteiger partial charge in [-0.2, -0.15) is 0 Å². The number of benzene rings is 3. The Kier molecular flexibility index (Phi) is 5.20. The van der Waals surface area contributed by atoms with Crippen molar-refractivity contribution in [1.29, 1.82) is 0 Å². The van der Waals surface area contributed by atoms with Gasteiger partial charge in [-0.3, -0.25) is 4.79 Å².